The van der Waals surface area contributed by atoms with E-state index >= 15 is 0 Å². The van der Waals surface area contributed by atoms with Crippen molar-refractivity contribution in [1.29, 1.82) is 0 Å². The van der Waals surface area contributed by atoms with Crippen LogP contribution in [0.4, 0.5) is 11.9 Å². The third kappa shape index (κ3) is 13.2. The highest BCUT2D eigenvalue weighted by Gasteiger charge is 2.48. The largest absolute Gasteiger partial charge is 0.480 e. The van der Waals surface area contributed by atoms with Gasteiger partial charge in [0.25, 0.3) is 28.6 Å². The van der Waals surface area contributed by atoms with E-state index in [0.29, 0.717) is 27.7 Å². The van der Waals surface area contributed by atoms with Gasteiger partial charge in [-0.25, -0.2) is 22.8 Å². The molecule has 0 radical (unpaired) electrons. The fourth-order valence-electron chi connectivity index (χ4n) is 9.03. The van der Waals surface area contributed by atoms with Crippen LogP contribution in [0.3, 0.4) is 0 Å². The molecule has 0 spiro atoms. The number of nitrogens with zero attached hydrogens (tertiary/aromatic N) is 8. The first-order valence-electron chi connectivity index (χ1n) is 25.1. The number of aromatic amines is 3. The van der Waals surface area contributed by atoms with Gasteiger partial charge in [0.15, 0.2) is 19.4 Å². The molecule has 5 unspecified atom stereocenters. The van der Waals surface area contributed by atoms with Crippen LogP contribution in [0.1, 0.15) is 17.4 Å². The van der Waals surface area contributed by atoms with E-state index in [9.17, 15) is 53.0 Å². The first kappa shape index (κ1) is 58.0. The van der Waals surface area contributed by atoms with Gasteiger partial charge in [-0.1, -0.05) is 94.9 Å². The number of ether oxygens (including phenoxy) is 2. The van der Waals surface area contributed by atoms with Crippen LogP contribution in [0.15, 0.2) is 173 Å². The summed E-state index contributed by atoms with van der Waals surface area (Å²) in [5.41, 5.74) is 15.6. The van der Waals surface area contributed by atoms with Crippen LogP contribution in [0, 0.1) is 0 Å². The minimum absolute atomic E-state index is 0.00695. The molecule has 10 aromatic rings. The van der Waals surface area contributed by atoms with Crippen LogP contribution in [0.5, 0.6) is 0 Å². The maximum Gasteiger partial charge on any atom is 0.480 e. The fraction of sp³-hybridized carbons (Fsp3) is 0.196. The molecule has 432 valence electrons. The van der Waals surface area contributed by atoms with Crippen LogP contribution in [0.2, 0.25) is 0 Å². The first-order valence-corrected chi connectivity index (χ1v) is 29.6. The molecule has 11 rings (SSSR count). The molecule has 8 heterocycles. The maximum atomic E-state index is 13.0. The van der Waals surface area contributed by atoms with E-state index in [2.05, 4.69) is 41.4 Å². The zero-order valence-electron chi connectivity index (χ0n) is 43.4. The van der Waals surface area contributed by atoms with Crippen LogP contribution < -0.4 is 37.3 Å². The van der Waals surface area contributed by atoms with Gasteiger partial charge in [0.2, 0.25) is 17.3 Å². The van der Waals surface area contributed by atoms with Gasteiger partial charge >= 0.3 is 34.6 Å². The van der Waals surface area contributed by atoms with E-state index in [0.717, 1.165) is 39.0 Å². The SMILES string of the molecule is Nc1nc2c(c(=O)[nH]1)n(Cc1ccc(-c3ccccc3)[nH]c1=O)c[n+]2C1OC(COP(=O)(O)OP(=O)(O)n2cccc2)[C@H](O)[C@@H]1O.Nc1nc2c(c(=O)[nH]1)n(Cc1ccc(-c3ccccc3)cc1)c[n+]2COCCOP(=O)(O)n1cccc1. The quantitative estimate of drug-likeness (QED) is 0.0298. The zero-order valence-corrected chi connectivity index (χ0v) is 46.0. The molecule has 7 aromatic heterocycles. The minimum Gasteiger partial charge on any atom is -0.387 e. The Labute approximate surface area is 468 Å². The fourth-order valence-corrected chi connectivity index (χ4v) is 12.4. The van der Waals surface area contributed by atoms with E-state index in [1.807, 2.05) is 72.8 Å². The highest BCUT2D eigenvalue weighted by Crippen LogP contribution is 2.60. The Balaban J connectivity index is 0.000000190. The Morgan fingerprint density at radius 3 is 1.80 bits per heavy atom. The van der Waals surface area contributed by atoms with Crippen molar-refractivity contribution in [3.05, 3.63) is 201 Å². The van der Waals surface area contributed by atoms with Gasteiger partial charge in [0, 0.05) is 30.5 Å². The number of imidazole rings is 2. The minimum atomic E-state index is -5.19. The smallest absolute Gasteiger partial charge is 0.387 e. The number of benzene rings is 3. The number of H-pyrrole nitrogens is 3. The molecule has 83 heavy (non-hydrogen) atoms. The first-order chi connectivity index (χ1) is 39.7. The number of aromatic nitrogens is 11. The number of hydrogen-bond acceptors (Lipinski definition) is 17. The molecule has 32 heteroatoms. The van der Waals surface area contributed by atoms with Gasteiger partial charge in [-0.2, -0.15) is 4.31 Å². The lowest BCUT2D eigenvalue weighted by molar-refractivity contribution is -0.745. The zero-order chi connectivity index (χ0) is 58.6. The number of nitrogens with one attached hydrogen (secondary N) is 3. The molecule has 1 saturated heterocycles. The van der Waals surface area contributed by atoms with Crippen LogP contribution in [-0.4, -0.2) is 106 Å². The third-order valence-electron chi connectivity index (χ3n) is 13.0. The van der Waals surface area contributed by atoms with E-state index in [1.165, 1.54) is 40.0 Å². The Kier molecular flexibility index (Phi) is 17.0. The normalized spacial score (nSPS) is 18.3. The molecule has 1 fully saturated rings. The number of nitrogen functional groups attached to an aromatic ring is 2. The summed E-state index contributed by atoms with van der Waals surface area (Å²) < 4.78 is 70.6. The summed E-state index contributed by atoms with van der Waals surface area (Å²) in [5.74, 6) is -0.274. The van der Waals surface area contributed by atoms with E-state index < -0.39 is 65.6 Å². The number of phosphoric ester groups is 1. The maximum absolute atomic E-state index is 13.0. The van der Waals surface area contributed by atoms with Crippen molar-refractivity contribution < 1.29 is 70.6 Å². The number of aliphatic hydroxyl groups excluding tert-OH is 2. The monoisotopic (exact) mass is 1200 g/mol. The lowest BCUT2D eigenvalue weighted by Gasteiger charge is -2.19. The molecule has 3 aromatic carbocycles. The Morgan fingerprint density at radius 1 is 0.602 bits per heavy atom. The average Bonchev–Trinajstić information content (AvgIpc) is 3.54. The van der Waals surface area contributed by atoms with Gasteiger partial charge < -0.3 is 50.8 Å². The molecule has 0 bridgehead atoms. The van der Waals surface area contributed by atoms with Crippen molar-refractivity contribution in [2.24, 2.45) is 0 Å². The number of nitrogens with two attached hydrogens (primary N) is 2. The van der Waals surface area contributed by atoms with Crippen molar-refractivity contribution in [2.75, 3.05) is 31.3 Å². The summed E-state index contributed by atoms with van der Waals surface area (Å²) in [6.07, 6.45) is 1.99. The van der Waals surface area contributed by atoms with Crippen LogP contribution >= 0.6 is 23.3 Å². The Morgan fingerprint density at radius 2 is 1.17 bits per heavy atom. The number of phosphoric acid groups is 1. The van der Waals surface area contributed by atoms with Crippen molar-refractivity contribution in [3.63, 3.8) is 0 Å². The molecule has 1 aliphatic heterocycles. The molecule has 0 aliphatic carbocycles. The second-order valence-corrected chi connectivity index (χ2v) is 23.6. The molecular formula is C51H54N13O16P3+2. The molecule has 1 aliphatic rings. The molecule has 0 saturated carbocycles. The Bertz CT molecular complexity index is 4240. The average molecular weight is 1200 g/mol. The lowest BCUT2D eigenvalue weighted by Crippen LogP contribution is -2.46. The lowest BCUT2D eigenvalue weighted by atomic mass is 10.0. The second kappa shape index (κ2) is 24.3. The van der Waals surface area contributed by atoms with Gasteiger partial charge in [0.05, 0.1) is 38.5 Å². The highest BCUT2D eigenvalue weighted by atomic mass is 31.3. The van der Waals surface area contributed by atoms with E-state index in [4.69, 9.17) is 30.0 Å². The molecular weight excluding hydrogens is 1140 g/mol. The second-order valence-electron chi connectivity index (χ2n) is 18.6. The third-order valence-corrected chi connectivity index (χ3v) is 17.3. The van der Waals surface area contributed by atoms with Gasteiger partial charge in [-0.05, 0) is 58.7 Å². The Hall–Kier alpha value is -8.24. The van der Waals surface area contributed by atoms with Gasteiger partial charge in [0.1, 0.15) is 18.3 Å². The summed E-state index contributed by atoms with van der Waals surface area (Å²) in [6.45, 7) is -0.559. The number of hydrogen-bond donors (Lipinski definition) is 10. The number of anilines is 2. The highest BCUT2D eigenvalue weighted by molar-refractivity contribution is 7.63. The van der Waals surface area contributed by atoms with E-state index in [1.54, 1.807) is 39.7 Å². The predicted octanol–water partition coefficient (Wildman–Crippen LogP) is 2.95. The van der Waals surface area contributed by atoms with Crippen molar-refractivity contribution >= 4 is 57.5 Å². The predicted molar refractivity (Wildman–Crippen MR) is 297 cm³/mol. The number of aliphatic hydroxyl groups is 2. The number of fused-ring (bicyclic) bond motifs is 2. The molecule has 29 nitrogen and oxygen atoms in total. The summed E-state index contributed by atoms with van der Waals surface area (Å²) in [6, 6.07) is 36.8. The molecule has 12 N–H and O–H groups in total. The summed E-state index contributed by atoms with van der Waals surface area (Å²) in [7, 11) is -14.0. The van der Waals surface area contributed by atoms with E-state index in [-0.39, 0.29) is 60.7 Å². The topological polar surface area (TPSA) is 402 Å². The summed E-state index contributed by atoms with van der Waals surface area (Å²) in [4.78, 5) is 85.0. The summed E-state index contributed by atoms with van der Waals surface area (Å²) in [5, 5.41) is 21.6. The van der Waals surface area contributed by atoms with Gasteiger partial charge in [-0.15, -0.1) is 0 Å². The van der Waals surface area contributed by atoms with Crippen LogP contribution in [0.25, 0.3) is 44.7 Å². The number of pyridine rings is 1. The van der Waals surface area contributed by atoms with Gasteiger partial charge in [-0.3, -0.25) is 51.2 Å². The van der Waals surface area contributed by atoms with Crippen molar-refractivity contribution in [3.8, 4) is 22.4 Å². The molecule has 0 amide bonds. The standard InChI is InChI=1S/C26H27N7O11P2.C25H25N6O5P/c27-26-29-22-19(24(37)30-26)31(12-16-8-9-17(28-23(16)36)15-6-2-1-3-7-15)14-33(22)25-21(35)20(34)18(43-25)13-42-46(40,41)44-45(38,39)32-10-4-5-11-32;26-25-27-23-22(24(32)28-25)29(16-19-8-10-21(11-9-19)20-6-2-1-3-7-20)17-30(23)18-35-14-15-36-37(33,34)31-12-4-5-13-31/h1-11,14,18,20-21,25,34-35H,12-13H2,(H5-,27,28,29,30,36,37,38,39,40,41);1-13,17H,14-16,18H2,(H3-,26,27,28,32,33,34)/p+2/t18?,20-,21-,25?;/m0./s1. The van der Waals surface area contributed by atoms with Crippen molar-refractivity contribution in [1.82, 2.24) is 42.7 Å². The van der Waals surface area contributed by atoms with Crippen molar-refractivity contribution in [2.45, 2.75) is 44.4 Å². The number of rotatable bonds is 20. The van der Waals surface area contributed by atoms with Crippen LogP contribution in [-0.2, 0) is 56.3 Å². The molecule has 7 atom stereocenters. The summed E-state index contributed by atoms with van der Waals surface area (Å²) >= 11 is 0.